The normalized spacial score (nSPS) is 11.8. The van der Waals surface area contributed by atoms with Crippen molar-refractivity contribution in [1.29, 1.82) is 0 Å². The van der Waals surface area contributed by atoms with Gasteiger partial charge in [-0.3, -0.25) is 4.68 Å². The molecule has 0 radical (unpaired) electrons. The Balaban J connectivity index is 3.08. The number of aromatic nitrogens is 2. The van der Waals surface area contributed by atoms with Gasteiger partial charge in [0.05, 0.1) is 5.69 Å². The Morgan fingerprint density at radius 2 is 1.94 bits per heavy atom. The second-order valence-electron chi connectivity index (χ2n) is 4.84. The second-order valence-corrected chi connectivity index (χ2v) is 4.84. The lowest BCUT2D eigenvalue weighted by atomic mass is 9.78. The zero-order valence-corrected chi connectivity index (χ0v) is 11.1. The van der Waals surface area contributed by atoms with Crippen molar-refractivity contribution >= 4 is 6.08 Å². The molecule has 0 aliphatic rings. The number of hydrogen-bond donors (Lipinski definition) is 0. The minimum Gasteiger partial charge on any atom is -0.272 e. The zero-order chi connectivity index (χ0) is 12.2. The Labute approximate surface area is 99.4 Å². The van der Waals surface area contributed by atoms with Crippen molar-refractivity contribution < 1.29 is 0 Å². The monoisotopic (exact) mass is 220 g/mol. The fourth-order valence-electron chi connectivity index (χ4n) is 2.64. The summed E-state index contributed by atoms with van der Waals surface area (Å²) in [6.45, 7) is 10.6. The summed E-state index contributed by atoms with van der Waals surface area (Å²) in [5.74, 6) is 0. The van der Waals surface area contributed by atoms with Gasteiger partial charge in [0, 0.05) is 18.2 Å². The minimum absolute atomic E-state index is 0.256. The van der Waals surface area contributed by atoms with Gasteiger partial charge in [0.25, 0.3) is 0 Å². The van der Waals surface area contributed by atoms with Crippen LogP contribution < -0.4 is 0 Å². The Kier molecular flexibility index (Phi) is 4.34. The standard InChI is InChI=1S/C14H24N2/c1-6-9-14(4,10-7-2)13-11-12(8-3)15-16(13)5/h8,11H,3,6-7,9-10H2,1-2,4-5H3. The lowest BCUT2D eigenvalue weighted by molar-refractivity contribution is 0.366. The second kappa shape index (κ2) is 5.33. The van der Waals surface area contributed by atoms with E-state index in [1.165, 1.54) is 31.4 Å². The number of nitrogens with zero attached hydrogens (tertiary/aromatic N) is 2. The molecule has 0 saturated heterocycles. The van der Waals surface area contributed by atoms with Crippen LogP contribution in [0.2, 0.25) is 0 Å². The van der Waals surface area contributed by atoms with Crippen LogP contribution in [0.15, 0.2) is 12.6 Å². The van der Waals surface area contributed by atoms with Crippen LogP contribution in [0.25, 0.3) is 6.08 Å². The number of rotatable bonds is 6. The average Bonchev–Trinajstić information content (AvgIpc) is 2.61. The molecule has 0 bridgehead atoms. The highest BCUT2D eigenvalue weighted by Crippen LogP contribution is 2.34. The van der Waals surface area contributed by atoms with Crippen molar-refractivity contribution in [3.63, 3.8) is 0 Å². The van der Waals surface area contributed by atoms with Crippen LogP contribution in [0, 0.1) is 0 Å². The molecule has 0 atom stereocenters. The van der Waals surface area contributed by atoms with E-state index in [1.54, 1.807) is 0 Å². The van der Waals surface area contributed by atoms with Crippen molar-refractivity contribution in [1.82, 2.24) is 9.78 Å². The van der Waals surface area contributed by atoms with Gasteiger partial charge in [0.15, 0.2) is 0 Å². The number of aryl methyl sites for hydroxylation is 1. The molecule has 0 aromatic carbocycles. The molecule has 0 saturated carbocycles. The van der Waals surface area contributed by atoms with E-state index in [0.29, 0.717) is 0 Å². The molecule has 0 aliphatic heterocycles. The van der Waals surface area contributed by atoms with Gasteiger partial charge in [0.1, 0.15) is 0 Å². The SMILES string of the molecule is C=Cc1cc(C(C)(CCC)CCC)n(C)n1. The third-order valence-electron chi connectivity index (χ3n) is 3.33. The van der Waals surface area contributed by atoms with Gasteiger partial charge in [-0.15, -0.1) is 0 Å². The third-order valence-corrected chi connectivity index (χ3v) is 3.33. The molecule has 0 N–H and O–H groups in total. The molecular formula is C14H24N2. The van der Waals surface area contributed by atoms with E-state index in [4.69, 9.17) is 0 Å². The van der Waals surface area contributed by atoms with Gasteiger partial charge in [0.2, 0.25) is 0 Å². The van der Waals surface area contributed by atoms with E-state index in [0.717, 1.165) is 5.69 Å². The Hall–Kier alpha value is -1.05. The smallest absolute Gasteiger partial charge is 0.0848 e. The molecule has 0 fully saturated rings. The molecule has 0 aliphatic carbocycles. The summed E-state index contributed by atoms with van der Waals surface area (Å²) in [5.41, 5.74) is 2.58. The van der Waals surface area contributed by atoms with Gasteiger partial charge >= 0.3 is 0 Å². The van der Waals surface area contributed by atoms with Crippen molar-refractivity contribution in [3.05, 3.63) is 24.0 Å². The van der Waals surface area contributed by atoms with Crippen molar-refractivity contribution in [2.45, 2.75) is 51.9 Å². The zero-order valence-electron chi connectivity index (χ0n) is 11.1. The van der Waals surface area contributed by atoms with Crippen LogP contribution in [0.3, 0.4) is 0 Å². The van der Waals surface area contributed by atoms with Gasteiger partial charge < -0.3 is 0 Å². The lowest BCUT2D eigenvalue weighted by Gasteiger charge is -2.29. The topological polar surface area (TPSA) is 17.8 Å². The van der Waals surface area contributed by atoms with E-state index in [-0.39, 0.29) is 5.41 Å². The first-order valence-corrected chi connectivity index (χ1v) is 6.24. The molecule has 1 aromatic rings. The van der Waals surface area contributed by atoms with Crippen molar-refractivity contribution in [2.75, 3.05) is 0 Å². The van der Waals surface area contributed by atoms with E-state index < -0.39 is 0 Å². The molecule has 0 spiro atoms. The first-order chi connectivity index (χ1) is 7.57. The van der Waals surface area contributed by atoms with Crippen LogP contribution in [-0.4, -0.2) is 9.78 Å². The minimum atomic E-state index is 0.256. The van der Waals surface area contributed by atoms with E-state index >= 15 is 0 Å². The van der Waals surface area contributed by atoms with Gasteiger partial charge in [-0.25, -0.2) is 0 Å². The molecule has 2 heteroatoms. The summed E-state index contributed by atoms with van der Waals surface area (Å²) in [6, 6.07) is 2.18. The maximum atomic E-state index is 4.46. The van der Waals surface area contributed by atoms with Crippen LogP contribution in [0.4, 0.5) is 0 Å². The molecule has 1 heterocycles. The molecule has 0 unspecified atom stereocenters. The average molecular weight is 220 g/mol. The summed E-state index contributed by atoms with van der Waals surface area (Å²) in [5, 5.41) is 4.46. The van der Waals surface area contributed by atoms with Crippen LogP contribution in [0.5, 0.6) is 0 Å². The molecule has 16 heavy (non-hydrogen) atoms. The lowest BCUT2D eigenvalue weighted by Crippen LogP contribution is -2.24. The highest BCUT2D eigenvalue weighted by molar-refractivity contribution is 5.43. The predicted molar refractivity (Wildman–Crippen MR) is 70.5 cm³/mol. The molecule has 2 nitrogen and oxygen atoms in total. The van der Waals surface area contributed by atoms with Gasteiger partial charge in [-0.2, -0.15) is 5.10 Å². The molecule has 0 amide bonds. The van der Waals surface area contributed by atoms with Crippen LogP contribution in [0.1, 0.15) is 57.8 Å². The Morgan fingerprint density at radius 3 is 2.31 bits per heavy atom. The summed E-state index contributed by atoms with van der Waals surface area (Å²) in [7, 11) is 2.03. The Morgan fingerprint density at radius 1 is 1.38 bits per heavy atom. The summed E-state index contributed by atoms with van der Waals surface area (Å²) in [4.78, 5) is 0. The van der Waals surface area contributed by atoms with Crippen molar-refractivity contribution in [2.24, 2.45) is 7.05 Å². The maximum absolute atomic E-state index is 4.46. The summed E-state index contributed by atoms with van der Waals surface area (Å²) >= 11 is 0. The van der Waals surface area contributed by atoms with E-state index in [9.17, 15) is 0 Å². The third kappa shape index (κ3) is 2.55. The highest BCUT2D eigenvalue weighted by atomic mass is 15.3. The highest BCUT2D eigenvalue weighted by Gasteiger charge is 2.28. The molecule has 90 valence electrons. The number of hydrogen-bond acceptors (Lipinski definition) is 1. The van der Waals surface area contributed by atoms with Gasteiger partial charge in [-0.05, 0) is 25.0 Å². The van der Waals surface area contributed by atoms with E-state index in [2.05, 4.69) is 38.5 Å². The fourth-order valence-corrected chi connectivity index (χ4v) is 2.64. The molecule has 1 rings (SSSR count). The van der Waals surface area contributed by atoms with Crippen LogP contribution >= 0.6 is 0 Å². The first-order valence-electron chi connectivity index (χ1n) is 6.24. The quantitative estimate of drug-likeness (QED) is 0.710. The van der Waals surface area contributed by atoms with Crippen LogP contribution in [-0.2, 0) is 12.5 Å². The summed E-state index contributed by atoms with van der Waals surface area (Å²) in [6.07, 6.45) is 6.69. The fraction of sp³-hybridized carbons (Fsp3) is 0.643. The van der Waals surface area contributed by atoms with Crippen molar-refractivity contribution in [3.8, 4) is 0 Å². The maximum Gasteiger partial charge on any atom is 0.0848 e. The van der Waals surface area contributed by atoms with E-state index in [1.807, 2.05) is 17.8 Å². The first kappa shape index (κ1) is 13.0. The molecule has 1 aromatic heterocycles. The predicted octanol–water partition coefficient (Wildman–Crippen LogP) is 3.92. The van der Waals surface area contributed by atoms with Gasteiger partial charge in [-0.1, -0.05) is 40.2 Å². The largest absolute Gasteiger partial charge is 0.272 e. The summed E-state index contributed by atoms with van der Waals surface area (Å²) < 4.78 is 2.02. The molecular weight excluding hydrogens is 196 g/mol. The Bertz CT molecular complexity index is 344.